The summed E-state index contributed by atoms with van der Waals surface area (Å²) in [6, 6.07) is 67.0. The Kier molecular flexibility index (Phi) is 9.20. The summed E-state index contributed by atoms with van der Waals surface area (Å²) >= 11 is 0. The smallest absolute Gasteiger partial charge is 0.155 e. The van der Waals surface area contributed by atoms with E-state index < -0.39 is 0 Å². The fraction of sp³-hybridized carbons (Fsp3) is 0.0175. The van der Waals surface area contributed by atoms with Crippen LogP contribution in [-0.2, 0) is 0 Å². The number of hydrogen-bond acceptors (Lipinski definition) is 3. The summed E-state index contributed by atoms with van der Waals surface area (Å²) in [5.41, 5.74) is 22.2. The zero-order valence-electron chi connectivity index (χ0n) is 33.4. The molecule has 11 rings (SSSR count). The van der Waals surface area contributed by atoms with Crippen LogP contribution in [0.2, 0.25) is 0 Å². The monoisotopic (exact) mass is 781 g/mol. The van der Waals surface area contributed by atoms with Crippen molar-refractivity contribution in [2.75, 3.05) is 0 Å². The van der Waals surface area contributed by atoms with Gasteiger partial charge in [-0.2, -0.15) is 5.43 Å². The van der Waals surface area contributed by atoms with Crippen LogP contribution < -0.4 is 11.2 Å². The van der Waals surface area contributed by atoms with Gasteiger partial charge in [-0.1, -0.05) is 175 Å². The SMILES string of the molecule is NC1C=CC(c2ccc3c(-c4ccccc4)c4ccccc4c(-c4ccccc4)c3c2)=CC1=N[NH2+]c1ccc(-c2ccc(-c3cncc4ccccc34)c3ccccc23)cc1. The summed E-state index contributed by atoms with van der Waals surface area (Å²) in [6.45, 7) is 0. The van der Waals surface area contributed by atoms with Crippen molar-refractivity contribution in [3.05, 3.63) is 224 Å². The first-order valence-corrected chi connectivity index (χ1v) is 20.8. The van der Waals surface area contributed by atoms with Crippen LogP contribution in [0, 0.1) is 0 Å². The predicted octanol–water partition coefficient (Wildman–Crippen LogP) is 12.9. The molecule has 1 aliphatic carbocycles. The highest BCUT2D eigenvalue weighted by atomic mass is 15.3. The van der Waals surface area contributed by atoms with E-state index in [2.05, 4.69) is 205 Å². The summed E-state index contributed by atoms with van der Waals surface area (Å²) in [7, 11) is 0. The maximum atomic E-state index is 6.67. The number of fused-ring (bicyclic) bond motifs is 4. The van der Waals surface area contributed by atoms with Gasteiger partial charge < -0.3 is 5.73 Å². The molecule has 1 aromatic heterocycles. The average Bonchev–Trinajstić information content (AvgIpc) is 3.33. The van der Waals surface area contributed by atoms with Gasteiger partial charge in [-0.15, -0.1) is 0 Å². The molecule has 4 N–H and O–H groups in total. The highest BCUT2D eigenvalue weighted by Crippen LogP contribution is 2.45. The van der Waals surface area contributed by atoms with E-state index >= 15 is 0 Å². The molecule has 1 unspecified atom stereocenters. The third-order valence-corrected chi connectivity index (χ3v) is 12.1. The van der Waals surface area contributed by atoms with Gasteiger partial charge in [0.15, 0.2) is 5.69 Å². The first-order chi connectivity index (χ1) is 30.2. The Labute approximate surface area is 354 Å². The van der Waals surface area contributed by atoms with E-state index in [-0.39, 0.29) is 6.04 Å². The molecule has 0 spiro atoms. The molecule has 0 saturated carbocycles. The molecule has 9 aromatic carbocycles. The maximum absolute atomic E-state index is 6.67. The lowest BCUT2D eigenvalue weighted by Gasteiger charge is -2.19. The van der Waals surface area contributed by atoms with Crippen LogP contribution in [0.25, 0.3) is 93.2 Å². The Morgan fingerprint density at radius 3 is 1.70 bits per heavy atom. The quantitative estimate of drug-likeness (QED) is 0.0732. The molecule has 4 nitrogen and oxygen atoms in total. The average molecular weight is 782 g/mol. The number of nitrogens with zero attached hydrogens (tertiary/aromatic N) is 2. The first-order valence-electron chi connectivity index (χ1n) is 20.8. The minimum Gasteiger partial charge on any atom is -0.319 e. The highest BCUT2D eigenvalue weighted by molar-refractivity contribution is 6.22. The second kappa shape index (κ2) is 15.4. The Balaban J connectivity index is 0.929. The lowest BCUT2D eigenvalue weighted by Crippen LogP contribution is -2.72. The van der Waals surface area contributed by atoms with Gasteiger partial charge in [-0.05, 0) is 112 Å². The van der Waals surface area contributed by atoms with Crippen molar-refractivity contribution in [1.82, 2.24) is 4.98 Å². The van der Waals surface area contributed by atoms with Crippen molar-refractivity contribution < 1.29 is 5.43 Å². The first kappa shape index (κ1) is 36.3. The van der Waals surface area contributed by atoms with E-state index in [0.717, 1.165) is 39.0 Å². The van der Waals surface area contributed by atoms with Crippen LogP contribution in [0.15, 0.2) is 224 Å². The zero-order valence-corrected chi connectivity index (χ0v) is 33.4. The number of pyridine rings is 1. The third-order valence-electron chi connectivity index (χ3n) is 12.1. The van der Waals surface area contributed by atoms with E-state index in [9.17, 15) is 0 Å². The standard InChI is InChI=1S/C57H40N4/c58-54-32-26-41(40-25-29-51-52(33-40)57(39-15-5-2-6-16-39)50-22-12-11-21-49(50)56(51)38-13-3-1-4-14-38)34-55(54)61-60-43-27-23-37(24-28-43)45-30-31-48(47-20-10-9-19-46(45)47)53-36-59-35-42-17-7-8-18-44(42)53/h1-36,54,60H,58H2/p+1. The zero-order chi connectivity index (χ0) is 40.7. The highest BCUT2D eigenvalue weighted by Gasteiger charge is 2.20. The van der Waals surface area contributed by atoms with Gasteiger partial charge >= 0.3 is 0 Å². The van der Waals surface area contributed by atoms with Crippen molar-refractivity contribution in [2.45, 2.75) is 6.04 Å². The van der Waals surface area contributed by atoms with Crippen molar-refractivity contribution in [1.29, 1.82) is 0 Å². The van der Waals surface area contributed by atoms with Gasteiger partial charge in [0.1, 0.15) is 5.71 Å². The van der Waals surface area contributed by atoms with Crippen LogP contribution in [0.3, 0.4) is 0 Å². The maximum Gasteiger partial charge on any atom is 0.155 e. The number of benzene rings is 9. The molecule has 10 aromatic rings. The minimum absolute atomic E-state index is 0.310. The molecule has 1 aliphatic rings. The molecule has 4 heteroatoms. The predicted molar refractivity (Wildman–Crippen MR) is 257 cm³/mol. The van der Waals surface area contributed by atoms with Crippen molar-refractivity contribution in [3.63, 3.8) is 0 Å². The molecule has 0 saturated heterocycles. The van der Waals surface area contributed by atoms with Crippen molar-refractivity contribution >= 4 is 60.1 Å². The molecule has 61 heavy (non-hydrogen) atoms. The Bertz CT molecular complexity index is 3380. The van der Waals surface area contributed by atoms with Gasteiger partial charge in [0.25, 0.3) is 0 Å². The summed E-state index contributed by atoms with van der Waals surface area (Å²) in [6.07, 6.45) is 10.2. The van der Waals surface area contributed by atoms with Gasteiger partial charge in [0.05, 0.1) is 6.04 Å². The Morgan fingerprint density at radius 1 is 0.443 bits per heavy atom. The molecule has 288 valence electrons. The lowest BCUT2D eigenvalue weighted by molar-refractivity contribution is -0.577. The molecular weight excluding hydrogens is 741 g/mol. The molecule has 0 bridgehead atoms. The Morgan fingerprint density at radius 2 is 1.00 bits per heavy atom. The van der Waals surface area contributed by atoms with E-state index in [1.165, 1.54) is 71.1 Å². The number of rotatable bonds is 7. The Hall–Kier alpha value is -7.76. The van der Waals surface area contributed by atoms with Crippen LogP contribution >= 0.6 is 0 Å². The topological polar surface area (TPSA) is 67.9 Å². The second-order valence-corrected chi connectivity index (χ2v) is 15.7. The molecule has 1 heterocycles. The van der Waals surface area contributed by atoms with E-state index in [4.69, 9.17) is 10.8 Å². The lowest BCUT2D eigenvalue weighted by atomic mass is 9.84. The third kappa shape index (κ3) is 6.61. The van der Waals surface area contributed by atoms with Gasteiger partial charge in [0.2, 0.25) is 0 Å². The van der Waals surface area contributed by atoms with Crippen LogP contribution in [-0.4, -0.2) is 16.7 Å². The summed E-state index contributed by atoms with van der Waals surface area (Å²) < 4.78 is 0. The van der Waals surface area contributed by atoms with Crippen molar-refractivity contribution in [2.24, 2.45) is 10.8 Å². The molecule has 0 aliphatic heterocycles. The van der Waals surface area contributed by atoms with Crippen LogP contribution in [0.4, 0.5) is 5.69 Å². The number of nitrogens with two attached hydrogens (primary N) is 2. The second-order valence-electron chi connectivity index (χ2n) is 15.7. The van der Waals surface area contributed by atoms with E-state index in [0.29, 0.717) is 0 Å². The number of aromatic nitrogens is 1. The van der Waals surface area contributed by atoms with Crippen molar-refractivity contribution in [3.8, 4) is 44.5 Å². The summed E-state index contributed by atoms with van der Waals surface area (Å²) in [5, 5.41) is 14.7. The normalized spacial score (nSPS) is 14.6. The molecule has 1 atom stereocenters. The van der Waals surface area contributed by atoms with E-state index in [1.807, 2.05) is 23.9 Å². The van der Waals surface area contributed by atoms with Gasteiger partial charge in [-0.3, -0.25) is 4.98 Å². The molecule has 0 radical (unpaired) electrons. The van der Waals surface area contributed by atoms with Crippen LogP contribution in [0.5, 0.6) is 0 Å². The van der Waals surface area contributed by atoms with Gasteiger partial charge in [-0.25, -0.2) is 0 Å². The summed E-state index contributed by atoms with van der Waals surface area (Å²) in [4.78, 5) is 4.58. The van der Waals surface area contributed by atoms with E-state index in [1.54, 1.807) is 0 Å². The number of allylic oxidation sites excluding steroid dienone is 2. The summed E-state index contributed by atoms with van der Waals surface area (Å²) in [5.74, 6) is 0. The molecular formula is C57H41N4+. The number of hydrogen-bond donors (Lipinski definition) is 2. The molecule has 0 amide bonds. The fourth-order valence-electron chi connectivity index (χ4n) is 9.12. The largest absolute Gasteiger partial charge is 0.319 e. The molecule has 0 fully saturated rings. The van der Waals surface area contributed by atoms with Crippen LogP contribution in [0.1, 0.15) is 5.56 Å². The number of quaternary nitrogens is 1. The van der Waals surface area contributed by atoms with Gasteiger partial charge in [0, 0.05) is 35.5 Å². The fourth-order valence-corrected chi connectivity index (χ4v) is 9.12. The minimum atomic E-state index is -0.310.